The number of halogens is 4. The Hall–Kier alpha value is -8.60. The number of hydrogen-bond acceptors (Lipinski definition) is 12. The topological polar surface area (TPSA) is 253 Å². The maximum Gasteiger partial charge on any atom is 0.270 e. The van der Waals surface area contributed by atoms with Gasteiger partial charge in [-0.25, -0.2) is 52.5 Å². The Morgan fingerprint density at radius 2 is 0.802 bits per heavy atom. The summed E-state index contributed by atoms with van der Waals surface area (Å²) in [4.78, 5) is 37.8. The van der Waals surface area contributed by atoms with Crippen molar-refractivity contribution in [3.63, 3.8) is 0 Å². The number of nitrogens with one attached hydrogen (secondary N) is 3. The van der Waals surface area contributed by atoms with E-state index in [9.17, 15) is 52.8 Å². The lowest BCUT2D eigenvalue weighted by Crippen LogP contribution is -2.30. The van der Waals surface area contributed by atoms with Gasteiger partial charge in [-0.3, -0.25) is 27.3 Å². The van der Waals surface area contributed by atoms with Crippen LogP contribution >= 0.6 is 15.9 Å². The number of aryl methyl sites for hydroxylation is 1. The number of rotatable bonds is 17. The van der Waals surface area contributed by atoms with Crippen molar-refractivity contribution in [1.82, 2.24) is 45.3 Å². The van der Waals surface area contributed by atoms with Crippen LogP contribution in [0.1, 0.15) is 70.3 Å². The van der Waals surface area contributed by atoms with E-state index in [4.69, 9.17) is 0 Å². The van der Waals surface area contributed by atoms with Crippen molar-refractivity contribution in [2.24, 2.45) is 0 Å². The van der Waals surface area contributed by atoms with Crippen LogP contribution in [0.3, 0.4) is 0 Å². The molecule has 454 valence electrons. The maximum atomic E-state index is 13.4. The van der Waals surface area contributed by atoms with Crippen LogP contribution in [0.5, 0.6) is 0 Å². The van der Waals surface area contributed by atoms with Gasteiger partial charge in [-0.05, 0) is 163 Å². The molecule has 0 aliphatic heterocycles. The normalized spacial score (nSPS) is 11.6. The zero-order valence-corrected chi connectivity index (χ0v) is 52.5. The van der Waals surface area contributed by atoms with E-state index in [2.05, 4.69) is 53.8 Å². The van der Waals surface area contributed by atoms with Gasteiger partial charge in [-0.1, -0.05) is 19.6 Å². The molecule has 0 unspecified atom stereocenters. The summed E-state index contributed by atoms with van der Waals surface area (Å²) in [5, 5.41) is 22.9. The second-order valence-electron chi connectivity index (χ2n) is 19.0. The lowest BCUT2D eigenvalue weighted by Gasteiger charge is -2.23. The Balaban J connectivity index is 0.000000185. The molecule has 0 atom stereocenters. The van der Waals surface area contributed by atoms with Crippen LogP contribution in [-0.4, -0.2) is 132 Å². The minimum atomic E-state index is -3.52. The third kappa shape index (κ3) is 13.6. The van der Waals surface area contributed by atoms with Crippen molar-refractivity contribution >= 4 is 120 Å². The van der Waals surface area contributed by atoms with E-state index < -0.39 is 47.5 Å². The van der Waals surface area contributed by atoms with Gasteiger partial charge in [0.25, 0.3) is 17.7 Å². The van der Waals surface area contributed by atoms with Crippen LogP contribution in [-0.2, 0) is 36.5 Å². The number of carbonyl (C=O) groups excluding carboxylic acids is 3. The van der Waals surface area contributed by atoms with E-state index >= 15 is 0 Å². The number of sulfonamides is 3. The third-order valence-electron chi connectivity index (χ3n) is 13.4. The molecule has 21 nitrogen and oxygen atoms in total. The first kappa shape index (κ1) is 65.0. The van der Waals surface area contributed by atoms with Gasteiger partial charge in [0.15, 0.2) is 0 Å². The summed E-state index contributed by atoms with van der Waals surface area (Å²) in [5.41, 5.74) is 6.40. The van der Waals surface area contributed by atoms with E-state index in [0.29, 0.717) is 89.0 Å². The van der Waals surface area contributed by atoms with Crippen molar-refractivity contribution in [2.45, 2.75) is 34.1 Å². The lowest BCUT2D eigenvalue weighted by molar-refractivity contribution is 0.0949. The van der Waals surface area contributed by atoms with Gasteiger partial charge in [-0.15, -0.1) is 0 Å². The summed E-state index contributed by atoms with van der Waals surface area (Å²) in [6, 6.07) is 26.9. The molecule has 3 N–H and O–H groups in total. The molecule has 0 saturated carbocycles. The fourth-order valence-corrected chi connectivity index (χ4v) is 13.2. The molecule has 3 amide bonds. The molecule has 0 bridgehead atoms. The highest BCUT2D eigenvalue weighted by Crippen LogP contribution is 2.37. The minimum Gasteiger partial charge on any atom is -0.354 e. The van der Waals surface area contributed by atoms with Gasteiger partial charge in [0, 0.05) is 61.4 Å². The number of benzene rings is 6. The molecule has 3 heterocycles. The third-order valence-corrected chi connectivity index (χ3v) is 17.8. The first-order chi connectivity index (χ1) is 40.6. The Labute approximate surface area is 504 Å². The van der Waals surface area contributed by atoms with E-state index in [1.807, 2.05) is 6.92 Å². The van der Waals surface area contributed by atoms with E-state index in [-0.39, 0.29) is 48.7 Å². The fourth-order valence-electron chi connectivity index (χ4n) is 9.55. The van der Waals surface area contributed by atoms with Crippen LogP contribution in [0.25, 0.3) is 55.8 Å². The van der Waals surface area contributed by atoms with E-state index in [1.54, 1.807) is 57.2 Å². The molecular formula is C58H62BrF3N12O9S3. The molecule has 0 fully saturated rings. The summed E-state index contributed by atoms with van der Waals surface area (Å²) in [6.45, 7) is 11.7. The monoisotopic (exact) mass is 1300 g/mol. The Bertz CT molecular complexity index is 4430. The van der Waals surface area contributed by atoms with E-state index in [0.717, 1.165) is 24.3 Å². The summed E-state index contributed by atoms with van der Waals surface area (Å²) >= 11 is 3.41. The van der Waals surface area contributed by atoms with Crippen LogP contribution in [0, 0.1) is 17.5 Å². The molecule has 9 rings (SSSR count). The number of fused-ring (bicyclic) bond motifs is 3. The average Bonchev–Trinajstić information content (AvgIpc) is 2.13. The average molecular weight is 1300 g/mol. The first-order valence-corrected chi connectivity index (χ1v) is 32.8. The fraction of sp³-hybridized carbons (Fsp3) is 0.241. The molecule has 3 aromatic heterocycles. The Kier molecular flexibility index (Phi) is 19.9. The van der Waals surface area contributed by atoms with Crippen LogP contribution in [0.2, 0.25) is 0 Å². The van der Waals surface area contributed by atoms with Crippen molar-refractivity contribution in [1.29, 1.82) is 0 Å². The summed E-state index contributed by atoms with van der Waals surface area (Å²) in [5.74, 6) is -2.30. The van der Waals surface area contributed by atoms with Gasteiger partial charge >= 0.3 is 0 Å². The van der Waals surface area contributed by atoms with Gasteiger partial charge in [0.05, 0.1) is 69.4 Å². The molecule has 0 aliphatic carbocycles. The Morgan fingerprint density at radius 1 is 0.500 bits per heavy atom. The maximum absolute atomic E-state index is 13.4. The van der Waals surface area contributed by atoms with Crippen molar-refractivity contribution in [3.05, 3.63) is 166 Å². The quantitative estimate of drug-likeness (QED) is 0.0773. The predicted octanol–water partition coefficient (Wildman–Crippen LogP) is 8.90. The molecule has 0 aliphatic rings. The summed E-state index contributed by atoms with van der Waals surface area (Å²) < 4.78 is 122. The molecule has 0 saturated heterocycles. The lowest BCUT2D eigenvalue weighted by atomic mass is 10.1. The molecule has 9 aromatic rings. The number of anilines is 3. The zero-order chi connectivity index (χ0) is 63.3. The van der Waals surface area contributed by atoms with Gasteiger partial charge in [-0.2, -0.15) is 15.3 Å². The minimum absolute atomic E-state index is 0.228. The van der Waals surface area contributed by atoms with Gasteiger partial charge < -0.3 is 16.0 Å². The first-order valence-electron chi connectivity index (χ1n) is 26.4. The largest absolute Gasteiger partial charge is 0.354 e. The van der Waals surface area contributed by atoms with Gasteiger partial charge in [0.2, 0.25) is 30.1 Å². The molecule has 28 heteroatoms. The zero-order valence-electron chi connectivity index (χ0n) is 48.4. The summed E-state index contributed by atoms with van der Waals surface area (Å²) in [6.07, 6.45) is 5.52. The highest BCUT2D eigenvalue weighted by molar-refractivity contribution is 9.10. The van der Waals surface area contributed by atoms with Crippen LogP contribution < -0.4 is 28.9 Å². The number of amides is 3. The number of nitrogens with zero attached hydrogens (tertiary/aromatic N) is 9. The molecule has 0 spiro atoms. The number of aromatic nitrogens is 6. The number of hydrogen-bond donors (Lipinski definition) is 3. The molecule has 86 heavy (non-hydrogen) atoms. The van der Waals surface area contributed by atoms with E-state index in [1.165, 1.54) is 127 Å². The SMILES string of the molecule is C=Cc1cc2c(C(=O)NC)n(-c3ccc(F)cc3)nc2cc1N(CC)S(C)(=O)=O.CCN(c1cc2nn(-c3ccc(F)cc3)c(C(=O)NC)c2cc1Br)S(C)(=O)=O.CCc1cc2c(C(=O)NC)n(-c3ccc(F)cc3)nc2cc1N(CC)S(C)(=O)=O. The predicted molar refractivity (Wildman–Crippen MR) is 334 cm³/mol. The van der Waals surface area contributed by atoms with Crippen LogP contribution in [0.15, 0.2) is 120 Å². The van der Waals surface area contributed by atoms with Gasteiger partial charge in [0.1, 0.15) is 34.5 Å². The van der Waals surface area contributed by atoms with Crippen molar-refractivity contribution < 1.29 is 52.8 Å². The molecule has 6 aromatic carbocycles. The molecular weight excluding hydrogens is 1240 g/mol. The highest BCUT2D eigenvalue weighted by Gasteiger charge is 2.28. The second-order valence-corrected chi connectivity index (χ2v) is 25.6. The second kappa shape index (κ2) is 26.3. The van der Waals surface area contributed by atoms with Crippen molar-refractivity contribution in [3.8, 4) is 17.1 Å². The standard InChI is InChI=1S/C20H23FN4O3S.C20H21FN4O3S.C18H18BrFN4O3S/c2*1-5-13-11-16-17(12-18(13)24(6-2)29(4,27)28)23-25(19(16)20(26)22-3)15-9-7-14(21)8-10-15;1-4-23(28(3,26)27)16-10-15-13(9-14(16)19)17(18(25)21-2)24(22-15)12-7-5-11(20)6-8-12/h7-12H,5-6H2,1-4H3,(H,22,26);5,7-12H,1,6H2,2-4H3,(H,22,26);5-10H,4H2,1-3H3,(H,21,25). The smallest absolute Gasteiger partial charge is 0.270 e. The molecule has 0 radical (unpaired) electrons. The number of carbonyl (C=O) groups is 3. The Morgan fingerprint density at radius 3 is 1.12 bits per heavy atom. The highest BCUT2D eigenvalue weighted by atomic mass is 79.9. The van der Waals surface area contributed by atoms with Crippen molar-refractivity contribution in [2.75, 3.05) is 72.5 Å². The summed E-state index contributed by atoms with van der Waals surface area (Å²) in [7, 11) is -5.96. The van der Waals surface area contributed by atoms with Crippen LogP contribution in [0.4, 0.5) is 30.2 Å².